The van der Waals surface area contributed by atoms with Crippen molar-refractivity contribution in [2.45, 2.75) is 19.1 Å². The molecule has 1 heterocycles. The largest absolute Gasteiger partial charge is 0.467 e. The first-order valence-corrected chi connectivity index (χ1v) is 6.80. The van der Waals surface area contributed by atoms with Crippen LogP contribution in [0.4, 0.5) is 0 Å². The smallest absolute Gasteiger partial charge is 0.217 e. The predicted molar refractivity (Wildman–Crippen MR) is 82.8 cm³/mol. The van der Waals surface area contributed by atoms with Gasteiger partial charge in [-0.2, -0.15) is 0 Å². The van der Waals surface area contributed by atoms with Gasteiger partial charge in [0.05, 0.1) is 6.04 Å². The van der Waals surface area contributed by atoms with E-state index < -0.39 is 0 Å². The molecule has 2 atom stereocenters. The van der Waals surface area contributed by atoms with Gasteiger partial charge in [-0.15, -0.1) is 0 Å². The van der Waals surface area contributed by atoms with Gasteiger partial charge in [0.25, 0.3) is 0 Å². The molecular weight excluding hydrogens is 246 g/mol. The van der Waals surface area contributed by atoms with Gasteiger partial charge in [0.15, 0.2) is 0 Å². The molecule has 2 nitrogen and oxygen atoms in total. The van der Waals surface area contributed by atoms with E-state index >= 15 is 0 Å². The van der Waals surface area contributed by atoms with Gasteiger partial charge in [-0.1, -0.05) is 55.1 Å². The van der Waals surface area contributed by atoms with Crippen molar-refractivity contribution in [3.63, 3.8) is 0 Å². The van der Waals surface area contributed by atoms with Gasteiger partial charge in [-0.3, -0.25) is 0 Å². The lowest BCUT2D eigenvalue weighted by Gasteiger charge is -2.17. The average molecular weight is 263 g/mol. The van der Waals surface area contributed by atoms with Crippen LogP contribution in [0.2, 0.25) is 0 Å². The van der Waals surface area contributed by atoms with Crippen molar-refractivity contribution in [3.05, 3.63) is 78.4 Å². The normalized spacial score (nSPS) is 21.1. The Labute approximate surface area is 119 Å². The van der Waals surface area contributed by atoms with E-state index in [1.54, 1.807) is 0 Å². The summed E-state index contributed by atoms with van der Waals surface area (Å²) >= 11 is 0. The SMILES string of the molecule is C=C(c1ccccc1)[C@@H]1OC(c2ccccc2)=N[C@H]1C. The third-order valence-corrected chi connectivity index (χ3v) is 3.51. The van der Waals surface area contributed by atoms with Crippen LogP contribution < -0.4 is 0 Å². The number of rotatable bonds is 3. The topological polar surface area (TPSA) is 21.6 Å². The van der Waals surface area contributed by atoms with Crippen molar-refractivity contribution < 1.29 is 4.74 Å². The van der Waals surface area contributed by atoms with Gasteiger partial charge >= 0.3 is 0 Å². The van der Waals surface area contributed by atoms with Gasteiger partial charge < -0.3 is 4.74 Å². The molecule has 0 fully saturated rings. The first-order chi connectivity index (χ1) is 9.75. The van der Waals surface area contributed by atoms with Crippen LogP contribution in [0, 0.1) is 0 Å². The molecule has 0 spiro atoms. The van der Waals surface area contributed by atoms with Gasteiger partial charge in [0.2, 0.25) is 5.90 Å². The molecule has 0 aliphatic carbocycles. The molecule has 3 rings (SSSR count). The van der Waals surface area contributed by atoms with Crippen LogP contribution in [0.25, 0.3) is 5.57 Å². The van der Waals surface area contributed by atoms with E-state index in [2.05, 4.69) is 30.6 Å². The molecule has 0 saturated heterocycles. The number of aliphatic imine (C=N–C) groups is 1. The van der Waals surface area contributed by atoms with Crippen molar-refractivity contribution >= 4 is 11.5 Å². The maximum absolute atomic E-state index is 6.03. The third kappa shape index (κ3) is 2.37. The molecule has 0 radical (unpaired) electrons. The van der Waals surface area contributed by atoms with Crippen LogP contribution in [-0.2, 0) is 4.74 Å². The minimum atomic E-state index is -0.0902. The van der Waals surface area contributed by atoms with E-state index in [-0.39, 0.29) is 12.1 Å². The second-order valence-corrected chi connectivity index (χ2v) is 4.97. The molecule has 0 unspecified atom stereocenters. The van der Waals surface area contributed by atoms with E-state index in [1.165, 1.54) is 0 Å². The number of nitrogens with zero attached hydrogens (tertiary/aromatic N) is 1. The van der Waals surface area contributed by atoms with Crippen molar-refractivity contribution in [2.24, 2.45) is 4.99 Å². The molecule has 0 saturated carbocycles. The Hall–Kier alpha value is -2.35. The molecule has 1 aliphatic rings. The maximum Gasteiger partial charge on any atom is 0.217 e. The van der Waals surface area contributed by atoms with E-state index in [0.717, 1.165) is 16.7 Å². The van der Waals surface area contributed by atoms with E-state index in [9.17, 15) is 0 Å². The molecule has 0 bridgehead atoms. The highest BCUT2D eigenvalue weighted by Gasteiger charge is 2.30. The molecule has 2 aromatic rings. The number of ether oxygens (including phenoxy) is 1. The van der Waals surface area contributed by atoms with Crippen molar-refractivity contribution in [1.82, 2.24) is 0 Å². The second-order valence-electron chi connectivity index (χ2n) is 4.97. The fraction of sp³-hybridized carbons (Fsp3) is 0.167. The monoisotopic (exact) mass is 263 g/mol. The Morgan fingerprint density at radius 1 is 1.00 bits per heavy atom. The lowest BCUT2D eigenvalue weighted by Crippen LogP contribution is -2.21. The zero-order valence-corrected chi connectivity index (χ0v) is 11.5. The summed E-state index contributed by atoms with van der Waals surface area (Å²) in [5.74, 6) is 0.709. The van der Waals surface area contributed by atoms with E-state index in [4.69, 9.17) is 4.74 Å². The van der Waals surface area contributed by atoms with Crippen LogP contribution in [0.15, 0.2) is 72.2 Å². The molecule has 100 valence electrons. The van der Waals surface area contributed by atoms with Crippen LogP contribution in [-0.4, -0.2) is 18.0 Å². The van der Waals surface area contributed by atoms with Gasteiger partial charge in [0.1, 0.15) is 6.10 Å². The van der Waals surface area contributed by atoms with Gasteiger partial charge in [0, 0.05) is 5.56 Å². The molecule has 20 heavy (non-hydrogen) atoms. The van der Waals surface area contributed by atoms with Crippen molar-refractivity contribution in [3.8, 4) is 0 Å². The Bertz CT molecular complexity index is 631. The minimum absolute atomic E-state index is 0.0814. The minimum Gasteiger partial charge on any atom is -0.467 e. The Morgan fingerprint density at radius 2 is 1.60 bits per heavy atom. The summed E-state index contributed by atoms with van der Waals surface area (Å²) in [4.78, 5) is 4.62. The molecule has 0 N–H and O–H groups in total. The summed E-state index contributed by atoms with van der Waals surface area (Å²) in [7, 11) is 0. The highest BCUT2D eigenvalue weighted by molar-refractivity contribution is 5.96. The van der Waals surface area contributed by atoms with Crippen molar-refractivity contribution in [2.75, 3.05) is 0 Å². The number of hydrogen-bond donors (Lipinski definition) is 0. The third-order valence-electron chi connectivity index (χ3n) is 3.51. The van der Waals surface area contributed by atoms with Crippen LogP contribution in [0.5, 0.6) is 0 Å². The quantitative estimate of drug-likeness (QED) is 0.822. The number of hydrogen-bond acceptors (Lipinski definition) is 2. The van der Waals surface area contributed by atoms with Crippen LogP contribution in [0.3, 0.4) is 0 Å². The maximum atomic E-state index is 6.03. The Morgan fingerprint density at radius 3 is 2.25 bits per heavy atom. The van der Waals surface area contributed by atoms with Gasteiger partial charge in [-0.05, 0) is 30.2 Å². The zero-order valence-electron chi connectivity index (χ0n) is 11.5. The van der Waals surface area contributed by atoms with Crippen molar-refractivity contribution in [1.29, 1.82) is 0 Å². The lowest BCUT2D eigenvalue weighted by molar-refractivity contribution is 0.257. The summed E-state index contributed by atoms with van der Waals surface area (Å²) in [6.45, 7) is 6.25. The molecule has 1 aliphatic heterocycles. The fourth-order valence-corrected chi connectivity index (χ4v) is 2.40. The highest BCUT2D eigenvalue weighted by Crippen LogP contribution is 2.28. The first-order valence-electron chi connectivity index (χ1n) is 6.80. The highest BCUT2D eigenvalue weighted by atomic mass is 16.5. The molecule has 2 aromatic carbocycles. The molecule has 2 heteroatoms. The summed E-state index contributed by atoms with van der Waals surface area (Å²) in [6, 6.07) is 20.2. The summed E-state index contributed by atoms with van der Waals surface area (Å²) < 4.78 is 6.03. The Balaban J connectivity index is 1.81. The summed E-state index contributed by atoms with van der Waals surface area (Å²) in [5.41, 5.74) is 3.10. The van der Waals surface area contributed by atoms with Crippen LogP contribution >= 0.6 is 0 Å². The van der Waals surface area contributed by atoms with E-state index in [0.29, 0.717) is 5.90 Å². The lowest BCUT2D eigenvalue weighted by atomic mass is 9.98. The Kier molecular flexibility index (Phi) is 3.38. The molecular formula is C18H17NO. The standard InChI is InChI=1S/C18H17NO/c1-13(15-9-5-3-6-10-15)17-14(2)19-18(20-17)16-11-7-4-8-12-16/h3-12,14,17H,1H2,2H3/t14-,17-/m0/s1. The predicted octanol–water partition coefficient (Wildman–Crippen LogP) is 3.93. The molecule has 0 amide bonds. The second kappa shape index (κ2) is 5.33. The summed E-state index contributed by atoms with van der Waals surface area (Å²) in [5, 5.41) is 0. The summed E-state index contributed by atoms with van der Waals surface area (Å²) in [6.07, 6.45) is -0.0902. The van der Waals surface area contributed by atoms with Crippen LogP contribution in [0.1, 0.15) is 18.1 Å². The molecule has 0 aromatic heterocycles. The fourth-order valence-electron chi connectivity index (χ4n) is 2.40. The van der Waals surface area contributed by atoms with Gasteiger partial charge in [-0.25, -0.2) is 4.99 Å². The average Bonchev–Trinajstić information content (AvgIpc) is 2.90. The number of benzene rings is 2. The first kappa shape index (κ1) is 12.7. The van der Waals surface area contributed by atoms with E-state index in [1.807, 2.05) is 48.5 Å². The zero-order chi connectivity index (χ0) is 13.9.